The van der Waals surface area contributed by atoms with Crippen LogP contribution in [0.5, 0.6) is 0 Å². The molecule has 0 heterocycles. The quantitative estimate of drug-likeness (QED) is 0.761. The monoisotopic (exact) mass is 262 g/mol. The fourth-order valence-corrected chi connectivity index (χ4v) is 3.79. The largest absolute Gasteiger partial charge is 0.329 e. The lowest BCUT2D eigenvalue weighted by Crippen LogP contribution is -2.41. The van der Waals surface area contributed by atoms with Crippen LogP contribution in [-0.4, -0.2) is 26.8 Å². The molecule has 1 rings (SSSR count). The molecule has 102 valence electrons. The van der Waals surface area contributed by atoms with E-state index in [2.05, 4.69) is 11.6 Å². The van der Waals surface area contributed by atoms with Crippen molar-refractivity contribution >= 4 is 10.0 Å². The first kappa shape index (κ1) is 14.9. The Balaban J connectivity index is 2.39. The van der Waals surface area contributed by atoms with Gasteiger partial charge in [-0.05, 0) is 31.1 Å². The van der Waals surface area contributed by atoms with Gasteiger partial charge in [0.25, 0.3) is 0 Å². The van der Waals surface area contributed by atoms with Gasteiger partial charge in [0.05, 0.1) is 5.25 Å². The Bertz CT molecular complexity index is 304. The lowest BCUT2D eigenvalue weighted by atomic mass is 9.83. The number of hydrogen-bond acceptors (Lipinski definition) is 3. The summed E-state index contributed by atoms with van der Waals surface area (Å²) in [5.41, 5.74) is 5.48. The maximum atomic E-state index is 11.9. The van der Waals surface area contributed by atoms with Crippen LogP contribution >= 0.6 is 0 Å². The van der Waals surface area contributed by atoms with E-state index >= 15 is 0 Å². The van der Waals surface area contributed by atoms with Crippen LogP contribution in [0, 0.1) is 11.8 Å². The molecule has 3 N–H and O–H groups in total. The van der Waals surface area contributed by atoms with Gasteiger partial charge in [0.2, 0.25) is 10.0 Å². The van der Waals surface area contributed by atoms with E-state index in [4.69, 9.17) is 5.73 Å². The Morgan fingerprint density at radius 1 is 1.29 bits per heavy atom. The molecule has 5 heteroatoms. The molecule has 0 spiro atoms. The van der Waals surface area contributed by atoms with E-state index in [0.29, 0.717) is 18.9 Å². The molecular weight excluding hydrogens is 236 g/mol. The normalized spacial score (nSPS) is 27.9. The highest BCUT2D eigenvalue weighted by molar-refractivity contribution is 7.90. The summed E-state index contributed by atoms with van der Waals surface area (Å²) in [6, 6.07) is 0. The fourth-order valence-electron chi connectivity index (χ4n) is 2.40. The molecule has 0 amide bonds. The molecule has 1 aliphatic rings. The molecule has 1 aliphatic carbocycles. The summed E-state index contributed by atoms with van der Waals surface area (Å²) in [6.07, 6.45) is 5.31. The van der Waals surface area contributed by atoms with Crippen LogP contribution in [0.1, 0.15) is 46.0 Å². The first-order valence-electron chi connectivity index (χ1n) is 6.68. The van der Waals surface area contributed by atoms with Gasteiger partial charge in [0.1, 0.15) is 0 Å². The maximum absolute atomic E-state index is 11.9. The van der Waals surface area contributed by atoms with E-state index in [-0.39, 0.29) is 6.54 Å². The zero-order chi connectivity index (χ0) is 12.9. The summed E-state index contributed by atoms with van der Waals surface area (Å²) in [6.45, 7) is 4.92. The van der Waals surface area contributed by atoms with Crippen LogP contribution in [0.4, 0.5) is 0 Å². The average Bonchev–Trinajstić information content (AvgIpc) is 2.29. The molecule has 0 aliphatic heterocycles. The fraction of sp³-hybridized carbons (Fsp3) is 1.00. The lowest BCUT2D eigenvalue weighted by Gasteiger charge is -2.26. The van der Waals surface area contributed by atoms with E-state index in [1.807, 2.05) is 6.92 Å². The summed E-state index contributed by atoms with van der Waals surface area (Å²) in [5, 5.41) is -0.440. The summed E-state index contributed by atoms with van der Waals surface area (Å²) >= 11 is 0. The van der Waals surface area contributed by atoms with Gasteiger partial charge in [0.15, 0.2) is 0 Å². The van der Waals surface area contributed by atoms with Gasteiger partial charge < -0.3 is 5.73 Å². The Kier molecular flexibility index (Phi) is 5.89. The maximum Gasteiger partial charge on any atom is 0.215 e. The van der Waals surface area contributed by atoms with E-state index in [0.717, 1.165) is 18.8 Å². The van der Waals surface area contributed by atoms with Crippen molar-refractivity contribution in [3.63, 3.8) is 0 Å². The molecule has 1 unspecified atom stereocenters. The van der Waals surface area contributed by atoms with Gasteiger partial charge >= 0.3 is 0 Å². The number of nitrogens with two attached hydrogens (primary N) is 1. The van der Waals surface area contributed by atoms with E-state index in [9.17, 15) is 8.42 Å². The Morgan fingerprint density at radius 2 is 1.88 bits per heavy atom. The predicted molar refractivity (Wildman–Crippen MR) is 71.2 cm³/mol. The molecule has 17 heavy (non-hydrogen) atoms. The van der Waals surface area contributed by atoms with Crippen molar-refractivity contribution < 1.29 is 8.42 Å². The highest BCUT2D eigenvalue weighted by atomic mass is 32.2. The number of nitrogens with one attached hydrogen (secondary N) is 1. The van der Waals surface area contributed by atoms with Crippen LogP contribution in [-0.2, 0) is 10.0 Å². The minimum Gasteiger partial charge on any atom is -0.329 e. The molecule has 4 nitrogen and oxygen atoms in total. The molecule has 0 aromatic rings. The third-order valence-corrected chi connectivity index (χ3v) is 5.84. The smallest absolute Gasteiger partial charge is 0.215 e. The second kappa shape index (κ2) is 6.71. The second-order valence-corrected chi connectivity index (χ2v) is 7.33. The Hall–Kier alpha value is -0.130. The van der Waals surface area contributed by atoms with Crippen LogP contribution in [0.2, 0.25) is 0 Å². The van der Waals surface area contributed by atoms with Crippen LogP contribution < -0.4 is 10.5 Å². The van der Waals surface area contributed by atoms with Crippen molar-refractivity contribution in [2.24, 2.45) is 17.6 Å². The third kappa shape index (κ3) is 4.56. The Morgan fingerprint density at radius 3 is 2.35 bits per heavy atom. The van der Waals surface area contributed by atoms with E-state index in [1.165, 1.54) is 12.8 Å². The molecule has 1 saturated carbocycles. The van der Waals surface area contributed by atoms with Gasteiger partial charge in [-0.3, -0.25) is 0 Å². The zero-order valence-corrected chi connectivity index (χ0v) is 11.8. The van der Waals surface area contributed by atoms with Gasteiger partial charge in [-0.1, -0.05) is 26.7 Å². The van der Waals surface area contributed by atoms with Gasteiger partial charge in [-0.2, -0.15) is 0 Å². The van der Waals surface area contributed by atoms with Gasteiger partial charge in [0, 0.05) is 13.1 Å². The van der Waals surface area contributed by atoms with Crippen molar-refractivity contribution in [3.05, 3.63) is 0 Å². The zero-order valence-electron chi connectivity index (χ0n) is 11.0. The molecule has 1 atom stereocenters. The molecular formula is C12H26N2O2S. The Labute approximate surface area is 105 Å². The minimum atomic E-state index is -3.21. The SMILES string of the molecule is CCC(CN)S(=O)(=O)NCC1CCC(C)CC1. The van der Waals surface area contributed by atoms with Crippen molar-refractivity contribution in [2.75, 3.05) is 13.1 Å². The van der Waals surface area contributed by atoms with Crippen LogP contribution in [0.15, 0.2) is 0 Å². The summed E-state index contributed by atoms with van der Waals surface area (Å²) in [7, 11) is -3.21. The van der Waals surface area contributed by atoms with E-state index < -0.39 is 15.3 Å². The molecule has 0 bridgehead atoms. The van der Waals surface area contributed by atoms with Crippen LogP contribution in [0.25, 0.3) is 0 Å². The van der Waals surface area contributed by atoms with Gasteiger partial charge in [-0.15, -0.1) is 0 Å². The van der Waals surface area contributed by atoms with Crippen molar-refractivity contribution in [1.82, 2.24) is 4.72 Å². The first-order chi connectivity index (χ1) is 7.99. The summed E-state index contributed by atoms with van der Waals surface area (Å²) in [4.78, 5) is 0. The van der Waals surface area contributed by atoms with Crippen molar-refractivity contribution in [2.45, 2.75) is 51.2 Å². The molecule has 0 saturated heterocycles. The number of hydrogen-bond donors (Lipinski definition) is 2. The molecule has 1 fully saturated rings. The van der Waals surface area contributed by atoms with Crippen LogP contribution in [0.3, 0.4) is 0 Å². The highest BCUT2D eigenvalue weighted by Gasteiger charge is 2.24. The minimum absolute atomic E-state index is 0.202. The van der Waals surface area contributed by atoms with E-state index in [1.54, 1.807) is 0 Å². The lowest BCUT2D eigenvalue weighted by molar-refractivity contribution is 0.290. The molecule has 0 aromatic heterocycles. The van der Waals surface area contributed by atoms with Crippen molar-refractivity contribution in [3.8, 4) is 0 Å². The predicted octanol–water partition coefficient (Wildman–Crippen LogP) is 1.47. The van der Waals surface area contributed by atoms with Crippen molar-refractivity contribution in [1.29, 1.82) is 0 Å². The number of sulfonamides is 1. The second-order valence-electron chi connectivity index (χ2n) is 5.29. The highest BCUT2D eigenvalue weighted by Crippen LogP contribution is 2.27. The van der Waals surface area contributed by atoms with Gasteiger partial charge in [-0.25, -0.2) is 13.1 Å². The molecule has 0 aromatic carbocycles. The first-order valence-corrected chi connectivity index (χ1v) is 8.22. The number of rotatable bonds is 6. The standard InChI is InChI=1S/C12H26N2O2S/c1-3-12(8-13)17(15,16)14-9-11-6-4-10(2)5-7-11/h10-12,14H,3-9,13H2,1-2H3. The summed E-state index contributed by atoms with van der Waals surface area (Å²) < 4.78 is 26.6. The molecule has 0 radical (unpaired) electrons. The summed E-state index contributed by atoms with van der Waals surface area (Å²) in [5.74, 6) is 1.31. The third-order valence-electron chi connectivity index (χ3n) is 3.87. The topological polar surface area (TPSA) is 72.2 Å². The average molecular weight is 262 g/mol.